The molecule has 1 aliphatic heterocycles. The summed E-state index contributed by atoms with van der Waals surface area (Å²) < 4.78 is 0. The number of likely N-dealkylation sites (tertiary alicyclic amines) is 1. The Hall–Kier alpha value is -3.88. The van der Waals surface area contributed by atoms with Gasteiger partial charge in [-0.3, -0.25) is 14.6 Å². The molecule has 8 heteroatoms. The van der Waals surface area contributed by atoms with Crippen molar-refractivity contribution in [2.75, 3.05) is 38.6 Å². The van der Waals surface area contributed by atoms with Crippen LogP contribution in [0.15, 0.2) is 88.9 Å². The van der Waals surface area contributed by atoms with Crippen molar-refractivity contribution in [3.8, 4) is 0 Å². The molecule has 0 spiro atoms. The summed E-state index contributed by atoms with van der Waals surface area (Å²) in [6.07, 6.45) is 2.69. The Morgan fingerprint density at radius 1 is 1.02 bits per heavy atom. The monoisotopic (exact) mass is 655 g/mol. The number of nitrogens with one attached hydrogen (secondary N) is 2. The van der Waals surface area contributed by atoms with Gasteiger partial charge in [-0.05, 0) is 86.5 Å². The smallest absolute Gasteiger partial charge is 0.254 e. The average molecular weight is 656 g/mol. The van der Waals surface area contributed by atoms with E-state index in [9.17, 15) is 9.59 Å². The van der Waals surface area contributed by atoms with E-state index in [0.717, 1.165) is 43.7 Å². The number of aryl methyl sites for hydroxylation is 1. The Morgan fingerprint density at radius 3 is 2.38 bits per heavy atom. The topological polar surface area (TPSA) is 77.0 Å². The highest BCUT2D eigenvalue weighted by molar-refractivity contribution is 8.02. The van der Waals surface area contributed by atoms with Gasteiger partial charge in [0, 0.05) is 56.2 Å². The SMILES string of the molecule is C=N/C(C)=C\SC1CCCN1C(=O)c1cc(C(=O)NCCCNCc2cccc(C(C)(C)C)c2)cc(N(C)C)c1.Cc1ccccc1. The number of carbonyl (C=O) groups excluding carboxylic acids is 2. The molecule has 4 rings (SSSR count). The molecule has 1 saturated heterocycles. The Labute approximate surface area is 286 Å². The van der Waals surface area contributed by atoms with Gasteiger partial charge in [0.2, 0.25) is 0 Å². The number of anilines is 1. The third-order valence-corrected chi connectivity index (χ3v) is 9.21. The van der Waals surface area contributed by atoms with E-state index in [-0.39, 0.29) is 22.6 Å². The van der Waals surface area contributed by atoms with E-state index in [0.29, 0.717) is 24.2 Å². The maximum Gasteiger partial charge on any atom is 0.254 e. The molecule has 1 heterocycles. The predicted molar refractivity (Wildman–Crippen MR) is 201 cm³/mol. The van der Waals surface area contributed by atoms with Crippen LogP contribution in [-0.4, -0.2) is 62.5 Å². The fourth-order valence-electron chi connectivity index (χ4n) is 5.05. The molecule has 1 aliphatic rings. The largest absolute Gasteiger partial charge is 0.378 e. The van der Waals surface area contributed by atoms with Crippen LogP contribution in [0.2, 0.25) is 0 Å². The second-order valence-corrected chi connectivity index (χ2v) is 14.3. The number of allylic oxidation sites excluding steroid dienone is 1. The number of carbonyl (C=O) groups is 2. The van der Waals surface area contributed by atoms with Crippen LogP contribution < -0.4 is 15.5 Å². The molecule has 2 N–H and O–H groups in total. The molecule has 252 valence electrons. The normalized spacial score (nSPS) is 14.7. The van der Waals surface area contributed by atoms with Gasteiger partial charge in [0.05, 0.1) is 5.37 Å². The van der Waals surface area contributed by atoms with E-state index in [1.807, 2.05) is 66.6 Å². The number of amides is 2. The minimum absolute atomic E-state index is 0.0490. The summed E-state index contributed by atoms with van der Waals surface area (Å²) >= 11 is 1.60. The van der Waals surface area contributed by atoms with Gasteiger partial charge in [0.25, 0.3) is 11.8 Å². The Morgan fingerprint density at radius 2 is 1.74 bits per heavy atom. The summed E-state index contributed by atoms with van der Waals surface area (Å²) in [6, 6.07) is 24.4. The molecule has 1 fully saturated rings. The van der Waals surface area contributed by atoms with Crippen LogP contribution >= 0.6 is 11.8 Å². The van der Waals surface area contributed by atoms with E-state index in [1.54, 1.807) is 17.8 Å². The summed E-state index contributed by atoms with van der Waals surface area (Å²) in [5.74, 6) is -0.219. The lowest BCUT2D eigenvalue weighted by molar-refractivity contribution is 0.0779. The van der Waals surface area contributed by atoms with Crippen LogP contribution in [-0.2, 0) is 12.0 Å². The van der Waals surface area contributed by atoms with Crippen molar-refractivity contribution >= 4 is 36.0 Å². The first kappa shape index (κ1) is 37.6. The van der Waals surface area contributed by atoms with Crippen LogP contribution in [0.5, 0.6) is 0 Å². The second-order valence-electron chi connectivity index (χ2n) is 13.2. The number of hydrogen-bond donors (Lipinski definition) is 2. The zero-order valence-corrected chi connectivity index (χ0v) is 30.1. The third kappa shape index (κ3) is 12.3. The molecular weight excluding hydrogens is 603 g/mol. The van der Waals surface area contributed by atoms with Crippen molar-refractivity contribution in [3.63, 3.8) is 0 Å². The van der Waals surface area contributed by atoms with E-state index < -0.39 is 0 Å². The molecule has 0 aliphatic carbocycles. The van der Waals surface area contributed by atoms with Gasteiger partial charge < -0.3 is 20.4 Å². The van der Waals surface area contributed by atoms with Crippen LogP contribution in [0.4, 0.5) is 5.69 Å². The summed E-state index contributed by atoms with van der Waals surface area (Å²) in [5.41, 5.74) is 6.73. The van der Waals surface area contributed by atoms with Gasteiger partial charge >= 0.3 is 0 Å². The van der Waals surface area contributed by atoms with E-state index in [4.69, 9.17) is 0 Å². The van der Waals surface area contributed by atoms with Crippen LogP contribution in [0.1, 0.15) is 84.4 Å². The molecular formula is C39H53N5O2S. The van der Waals surface area contributed by atoms with Gasteiger partial charge in [-0.2, -0.15) is 0 Å². The van der Waals surface area contributed by atoms with Gasteiger partial charge in [-0.1, -0.05) is 80.9 Å². The highest BCUT2D eigenvalue weighted by atomic mass is 32.2. The third-order valence-electron chi connectivity index (χ3n) is 7.93. The lowest BCUT2D eigenvalue weighted by Crippen LogP contribution is -2.34. The standard InChI is InChI=1S/C32H45N5O2S.C7H8/c1-23(33-5)22-40-29-13-9-16-37(29)31(39)26-18-25(19-28(20-26)36(6)7)30(38)35-15-10-14-34-21-24-11-8-12-27(17-24)32(2,3)4;1-7-5-3-2-4-6-7/h8,11-12,17-20,22,29,34H,5,9-10,13-16,21H2,1-4,6-7H3,(H,35,38);2-6H,1H3/b23-22-;. The fourth-order valence-corrected chi connectivity index (χ4v) is 6.13. The fraction of sp³-hybridized carbons (Fsp3) is 0.410. The first-order chi connectivity index (χ1) is 22.4. The lowest BCUT2D eigenvalue weighted by atomic mass is 9.86. The van der Waals surface area contributed by atoms with Gasteiger partial charge in [0.1, 0.15) is 0 Å². The van der Waals surface area contributed by atoms with Crippen molar-refractivity contribution in [1.29, 1.82) is 0 Å². The summed E-state index contributed by atoms with van der Waals surface area (Å²) in [6.45, 7) is 17.1. The summed E-state index contributed by atoms with van der Waals surface area (Å²) in [7, 11) is 3.83. The van der Waals surface area contributed by atoms with Crippen LogP contribution in [0.3, 0.4) is 0 Å². The molecule has 0 saturated carbocycles. The van der Waals surface area contributed by atoms with Crippen LogP contribution in [0.25, 0.3) is 0 Å². The lowest BCUT2D eigenvalue weighted by Gasteiger charge is -2.24. The predicted octanol–water partition coefficient (Wildman–Crippen LogP) is 7.81. The number of benzene rings is 3. The summed E-state index contributed by atoms with van der Waals surface area (Å²) in [5, 5.41) is 8.50. The number of aliphatic imine (C=N–C) groups is 1. The first-order valence-corrected chi connectivity index (χ1v) is 17.4. The summed E-state index contributed by atoms with van der Waals surface area (Å²) in [4.78, 5) is 34.4. The highest BCUT2D eigenvalue weighted by Gasteiger charge is 2.30. The van der Waals surface area contributed by atoms with Gasteiger partial charge in [-0.25, -0.2) is 0 Å². The maximum absolute atomic E-state index is 13.5. The van der Waals surface area contributed by atoms with E-state index in [2.05, 4.69) is 86.4 Å². The Bertz CT molecular complexity index is 1500. The molecule has 3 aromatic carbocycles. The number of hydrogen-bond acceptors (Lipinski definition) is 6. The first-order valence-electron chi connectivity index (χ1n) is 16.4. The molecule has 2 amide bonds. The maximum atomic E-state index is 13.5. The molecule has 3 aromatic rings. The zero-order chi connectivity index (χ0) is 34.4. The molecule has 47 heavy (non-hydrogen) atoms. The molecule has 1 unspecified atom stereocenters. The highest BCUT2D eigenvalue weighted by Crippen LogP contribution is 2.31. The Kier molecular flexibility index (Phi) is 14.8. The van der Waals surface area contributed by atoms with Crippen molar-refractivity contribution in [1.82, 2.24) is 15.5 Å². The van der Waals surface area contributed by atoms with E-state index >= 15 is 0 Å². The number of rotatable bonds is 12. The molecule has 0 radical (unpaired) electrons. The Balaban J connectivity index is 0.000000756. The molecule has 1 atom stereocenters. The quantitative estimate of drug-likeness (QED) is 0.154. The zero-order valence-electron chi connectivity index (χ0n) is 29.3. The molecule has 0 bridgehead atoms. The average Bonchev–Trinajstić information content (AvgIpc) is 3.53. The van der Waals surface area contributed by atoms with Crippen molar-refractivity contribution in [3.05, 3.63) is 112 Å². The van der Waals surface area contributed by atoms with Gasteiger partial charge in [0.15, 0.2) is 0 Å². The van der Waals surface area contributed by atoms with Crippen molar-refractivity contribution in [2.45, 2.75) is 71.2 Å². The second kappa shape index (κ2) is 18.5. The molecule has 0 aromatic heterocycles. The minimum Gasteiger partial charge on any atom is -0.378 e. The van der Waals surface area contributed by atoms with Crippen LogP contribution in [0, 0.1) is 6.92 Å². The van der Waals surface area contributed by atoms with Crippen molar-refractivity contribution < 1.29 is 9.59 Å². The number of thioether (sulfide) groups is 1. The molecule has 7 nitrogen and oxygen atoms in total. The minimum atomic E-state index is -0.168. The van der Waals surface area contributed by atoms with E-state index in [1.165, 1.54) is 16.7 Å². The van der Waals surface area contributed by atoms with Crippen molar-refractivity contribution in [2.24, 2.45) is 4.99 Å². The van der Waals surface area contributed by atoms with Gasteiger partial charge in [-0.15, -0.1) is 11.8 Å². The number of nitrogens with zero attached hydrogens (tertiary/aromatic N) is 3.